The molecule has 23 heavy (non-hydrogen) atoms. The van der Waals surface area contributed by atoms with Crippen molar-refractivity contribution in [2.75, 3.05) is 5.32 Å². The van der Waals surface area contributed by atoms with Crippen LogP contribution in [0.1, 0.15) is 25.8 Å². The number of aromatic nitrogens is 3. The summed E-state index contributed by atoms with van der Waals surface area (Å²) in [5.41, 5.74) is -0.209. The van der Waals surface area contributed by atoms with Gasteiger partial charge in [-0.1, -0.05) is 23.4 Å². The predicted octanol–water partition coefficient (Wildman–Crippen LogP) is 2.82. The zero-order chi connectivity index (χ0) is 16.6. The van der Waals surface area contributed by atoms with Crippen LogP contribution in [0.25, 0.3) is 0 Å². The Kier molecular flexibility index (Phi) is 4.45. The third-order valence-corrected chi connectivity index (χ3v) is 4.73. The molecule has 1 amide bonds. The smallest absolute Gasteiger partial charge is 0.323 e. The number of hydrogen-bond acceptors (Lipinski definition) is 4. The normalized spacial score (nSPS) is 15.4. The Morgan fingerprint density at radius 2 is 2.30 bits per heavy atom. The molecule has 3 rings (SSSR count). The molecule has 1 aromatic heterocycles. The van der Waals surface area contributed by atoms with E-state index in [1.807, 2.05) is 0 Å². The Balaban J connectivity index is 1.69. The molecule has 0 unspecified atom stereocenters. The third kappa shape index (κ3) is 3.59. The molecule has 0 spiro atoms. The van der Waals surface area contributed by atoms with Gasteiger partial charge >= 0.3 is 5.69 Å². The van der Waals surface area contributed by atoms with Crippen molar-refractivity contribution in [2.24, 2.45) is 0 Å². The zero-order valence-electron chi connectivity index (χ0n) is 12.2. The average molecular weight is 357 g/mol. The van der Waals surface area contributed by atoms with Crippen LogP contribution < -0.4 is 11.0 Å². The summed E-state index contributed by atoms with van der Waals surface area (Å²) >= 11 is 6.83. The highest BCUT2D eigenvalue weighted by Gasteiger charge is 2.30. The molecule has 0 saturated heterocycles. The minimum absolute atomic E-state index is 0.0634. The first-order valence-electron chi connectivity index (χ1n) is 7.05. The molecular formula is C14H14ClFN4O2S. The molecule has 2 N–H and O–H groups in total. The summed E-state index contributed by atoms with van der Waals surface area (Å²) in [5, 5.41) is 9.04. The lowest BCUT2D eigenvalue weighted by molar-refractivity contribution is -0.115. The first-order chi connectivity index (χ1) is 11.0. The Bertz CT molecular complexity index is 802. The van der Waals surface area contributed by atoms with Crippen LogP contribution in [-0.4, -0.2) is 25.9 Å². The summed E-state index contributed by atoms with van der Waals surface area (Å²) in [6.07, 6.45) is 1.87. The number of carbonyl (C=O) groups is 1. The van der Waals surface area contributed by atoms with E-state index in [9.17, 15) is 14.0 Å². The molecule has 6 nitrogen and oxygen atoms in total. The molecule has 1 aliphatic rings. The van der Waals surface area contributed by atoms with Crippen molar-refractivity contribution in [1.82, 2.24) is 14.8 Å². The number of carbonyl (C=O) groups excluding carboxylic acids is 1. The van der Waals surface area contributed by atoms with Gasteiger partial charge in [0.25, 0.3) is 0 Å². The van der Waals surface area contributed by atoms with E-state index in [0.717, 1.165) is 30.7 Å². The fourth-order valence-corrected chi connectivity index (χ4v) is 3.15. The maximum Gasteiger partial charge on any atom is 0.344 e. The van der Waals surface area contributed by atoms with Gasteiger partial charge in [0, 0.05) is 11.1 Å². The van der Waals surface area contributed by atoms with Crippen LogP contribution in [-0.2, 0) is 4.79 Å². The van der Waals surface area contributed by atoms with Crippen LogP contribution in [0.5, 0.6) is 0 Å². The van der Waals surface area contributed by atoms with Gasteiger partial charge < -0.3 is 5.32 Å². The number of benzene rings is 1. The average Bonchev–Trinajstić information content (AvgIpc) is 3.26. The Morgan fingerprint density at radius 3 is 2.96 bits per heavy atom. The van der Waals surface area contributed by atoms with Gasteiger partial charge in [0.15, 0.2) is 5.16 Å². The van der Waals surface area contributed by atoms with Crippen molar-refractivity contribution < 1.29 is 9.18 Å². The number of nitrogens with zero attached hydrogens (tertiary/aromatic N) is 2. The van der Waals surface area contributed by atoms with Crippen LogP contribution >= 0.6 is 23.4 Å². The van der Waals surface area contributed by atoms with Gasteiger partial charge in [-0.05, 0) is 38.0 Å². The van der Waals surface area contributed by atoms with E-state index in [1.165, 1.54) is 12.1 Å². The van der Waals surface area contributed by atoms with E-state index in [2.05, 4.69) is 15.5 Å². The fraction of sp³-hybridized carbons (Fsp3) is 0.357. The molecule has 9 heteroatoms. The van der Waals surface area contributed by atoms with Gasteiger partial charge in [-0.25, -0.2) is 14.3 Å². The summed E-state index contributed by atoms with van der Waals surface area (Å²) in [4.78, 5) is 23.9. The monoisotopic (exact) mass is 356 g/mol. The fourth-order valence-electron chi connectivity index (χ4n) is 2.06. The highest BCUT2D eigenvalue weighted by Crippen LogP contribution is 2.36. The Morgan fingerprint density at radius 1 is 1.57 bits per heavy atom. The molecule has 122 valence electrons. The van der Waals surface area contributed by atoms with Crippen LogP contribution in [0, 0.1) is 5.82 Å². The summed E-state index contributed by atoms with van der Waals surface area (Å²) in [7, 11) is 0. The standard InChI is InChI=1S/C14H14ClFN4O2S/c1-7(12(21)17-11-5-2-8(15)6-10(11)16)23-14-19-18-13(22)20(14)9-3-4-9/h2,5-7,9H,3-4H2,1H3,(H,17,21)(H,18,22)/t7-/m1/s1. The maximum absolute atomic E-state index is 13.7. The van der Waals surface area contributed by atoms with Gasteiger partial charge in [0.1, 0.15) is 5.82 Å². The van der Waals surface area contributed by atoms with E-state index in [0.29, 0.717) is 5.16 Å². The van der Waals surface area contributed by atoms with Crippen molar-refractivity contribution >= 4 is 35.0 Å². The maximum atomic E-state index is 13.7. The quantitative estimate of drug-likeness (QED) is 0.807. The van der Waals surface area contributed by atoms with E-state index in [-0.39, 0.29) is 28.3 Å². The lowest BCUT2D eigenvalue weighted by Crippen LogP contribution is -2.24. The van der Waals surface area contributed by atoms with E-state index < -0.39 is 11.1 Å². The molecule has 1 atom stereocenters. The van der Waals surface area contributed by atoms with Crippen LogP contribution in [0.2, 0.25) is 5.02 Å². The van der Waals surface area contributed by atoms with Crippen molar-refractivity contribution in [1.29, 1.82) is 0 Å². The molecule has 1 fully saturated rings. The summed E-state index contributed by atoms with van der Waals surface area (Å²) < 4.78 is 15.3. The van der Waals surface area contributed by atoms with Crippen molar-refractivity contribution in [3.8, 4) is 0 Å². The molecule has 1 heterocycles. The van der Waals surface area contributed by atoms with Gasteiger partial charge in [-0.15, -0.1) is 5.10 Å². The lowest BCUT2D eigenvalue weighted by atomic mass is 10.3. The molecule has 2 aromatic rings. The number of rotatable bonds is 5. The van der Waals surface area contributed by atoms with Gasteiger partial charge in [0.05, 0.1) is 10.9 Å². The third-order valence-electron chi connectivity index (χ3n) is 3.42. The summed E-state index contributed by atoms with van der Waals surface area (Å²) in [5.74, 6) is -0.980. The number of H-pyrrole nitrogens is 1. The minimum atomic E-state index is -0.599. The molecule has 1 saturated carbocycles. The van der Waals surface area contributed by atoms with Gasteiger partial charge in [-0.2, -0.15) is 0 Å². The number of aromatic amines is 1. The first-order valence-corrected chi connectivity index (χ1v) is 8.31. The molecule has 1 aromatic carbocycles. The minimum Gasteiger partial charge on any atom is -0.323 e. The number of nitrogens with one attached hydrogen (secondary N) is 2. The highest BCUT2D eigenvalue weighted by atomic mass is 35.5. The van der Waals surface area contributed by atoms with Gasteiger partial charge in [0.2, 0.25) is 5.91 Å². The van der Waals surface area contributed by atoms with Crippen molar-refractivity contribution in [3.05, 3.63) is 39.5 Å². The molecule has 1 aliphatic carbocycles. The van der Waals surface area contributed by atoms with E-state index in [1.54, 1.807) is 11.5 Å². The predicted molar refractivity (Wildman–Crippen MR) is 86.5 cm³/mol. The van der Waals surface area contributed by atoms with E-state index >= 15 is 0 Å². The first kappa shape index (κ1) is 16.1. The number of thioether (sulfide) groups is 1. The zero-order valence-corrected chi connectivity index (χ0v) is 13.7. The molecule has 0 aliphatic heterocycles. The van der Waals surface area contributed by atoms with Gasteiger partial charge in [-0.3, -0.25) is 9.36 Å². The second-order valence-electron chi connectivity index (χ2n) is 5.29. The number of hydrogen-bond donors (Lipinski definition) is 2. The SMILES string of the molecule is C[C@@H](Sc1n[nH]c(=O)n1C1CC1)C(=O)Nc1ccc(Cl)cc1F. The lowest BCUT2D eigenvalue weighted by Gasteiger charge is -2.12. The summed E-state index contributed by atoms with van der Waals surface area (Å²) in [6, 6.07) is 4.19. The van der Waals surface area contributed by atoms with Crippen molar-refractivity contribution in [2.45, 2.75) is 36.2 Å². The molecular weight excluding hydrogens is 343 g/mol. The highest BCUT2D eigenvalue weighted by molar-refractivity contribution is 8.00. The van der Waals surface area contributed by atoms with E-state index in [4.69, 9.17) is 11.6 Å². The number of halogens is 2. The van der Waals surface area contributed by atoms with Crippen LogP contribution in [0.3, 0.4) is 0 Å². The van der Waals surface area contributed by atoms with Crippen LogP contribution in [0.4, 0.5) is 10.1 Å². The van der Waals surface area contributed by atoms with Crippen molar-refractivity contribution in [3.63, 3.8) is 0 Å². The Labute approximate surface area is 140 Å². The van der Waals surface area contributed by atoms with Crippen LogP contribution in [0.15, 0.2) is 28.2 Å². The molecule has 0 radical (unpaired) electrons. The topological polar surface area (TPSA) is 79.8 Å². The largest absolute Gasteiger partial charge is 0.344 e. The second-order valence-corrected chi connectivity index (χ2v) is 7.03. The number of anilines is 1. The molecule has 0 bridgehead atoms. The Hall–Kier alpha value is -1.80. The summed E-state index contributed by atoms with van der Waals surface area (Å²) in [6.45, 7) is 1.67. The second kappa shape index (κ2) is 6.37. The number of amides is 1.